The van der Waals surface area contributed by atoms with E-state index in [4.69, 9.17) is 33.4 Å². The average molecular weight is 810 g/mol. The number of fused-ring (bicyclic) bond motifs is 3. The molecule has 3 aliphatic rings. The normalized spacial score (nSPS) is 17.1. The third-order valence-electron chi connectivity index (χ3n) is 10.2. The molecule has 1 fully saturated rings. The molecular weight excluding hydrogens is 763 g/mol. The maximum absolute atomic E-state index is 14.0. The van der Waals surface area contributed by atoms with Gasteiger partial charge in [0.15, 0.2) is 11.5 Å². The Hall–Kier alpha value is -6.17. The molecular formula is C42H47N7O10. The molecule has 0 radical (unpaired) electrons. The Labute approximate surface area is 340 Å². The summed E-state index contributed by atoms with van der Waals surface area (Å²) in [6, 6.07) is 15.8. The van der Waals surface area contributed by atoms with Crippen molar-refractivity contribution in [2.24, 2.45) is 4.99 Å². The van der Waals surface area contributed by atoms with Gasteiger partial charge in [0.2, 0.25) is 5.91 Å². The molecule has 3 aliphatic heterocycles. The molecule has 1 N–H and O–H groups in total. The van der Waals surface area contributed by atoms with Crippen molar-refractivity contribution in [2.75, 3.05) is 73.5 Å². The minimum Gasteiger partial charge on any atom is -0.497 e. The van der Waals surface area contributed by atoms with E-state index in [2.05, 4.69) is 39.9 Å². The SMILES string of the molecule is COc1ccc2cc(C3C[C@H]4C=Nc5cc(OC)c(OCc6cn(CCOCCOCCOCCNC(=O)CCN7C(=O)C=CC7=O)nn6)cc5C(=O)N4C3)ccc2c1. The quantitative estimate of drug-likeness (QED) is 0.0959. The van der Waals surface area contributed by atoms with Crippen molar-refractivity contribution in [3.8, 4) is 17.2 Å². The first-order valence-corrected chi connectivity index (χ1v) is 19.5. The van der Waals surface area contributed by atoms with E-state index in [0.29, 0.717) is 87.7 Å². The van der Waals surface area contributed by atoms with Crippen LogP contribution in [0.2, 0.25) is 0 Å². The number of nitrogens with one attached hydrogen (secondary N) is 1. The zero-order chi connectivity index (χ0) is 41.1. The smallest absolute Gasteiger partial charge is 0.256 e. The van der Waals surface area contributed by atoms with Crippen LogP contribution in [0.5, 0.6) is 17.2 Å². The van der Waals surface area contributed by atoms with Crippen LogP contribution >= 0.6 is 0 Å². The average Bonchev–Trinajstić information content (AvgIpc) is 3.97. The van der Waals surface area contributed by atoms with Gasteiger partial charge in [0.05, 0.1) is 83.9 Å². The summed E-state index contributed by atoms with van der Waals surface area (Å²) in [6.45, 7) is 3.72. The van der Waals surface area contributed by atoms with Gasteiger partial charge < -0.3 is 38.6 Å². The molecule has 4 amide bonds. The lowest BCUT2D eigenvalue weighted by Gasteiger charge is -2.21. The number of imide groups is 1. The summed E-state index contributed by atoms with van der Waals surface area (Å²) < 4.78 is 35.4. The van der Waals surface area contributed by atoms with E-state index in [1.165, 1.54) is 17.7 Å². The molecule has 1 unspecified atom stereocenters. The highest BCUT2D eigenvalue weighted by Crippen LogP contribution is 2.41. The fourth-order valence-electron chi connectivity index (χ4n) is 7.11. The molecule has 4 heterocycles. The molecule has 17 nitrogen and oxygen atoms in total. The van der Waals surface area contributed by atoms with Crippen LogP contribution in [0.4, 0.5) is 5.69 Å². The lowest BCUT2D eigenvalue weighted by molar-refractivity contribution is -0.137. The summed E-state index contributed by atoms with van der Waals surface area (Å²) in [5.74, 6) is 0.676. The van der Waals surface area contributed by atoms with Gasteiger partial charge in [-0.1, -0.05) is 29.5 Å². The molecule has 0 bridgehead atoms. The van der Waals surface area contributed by atoms with Crippen molar-refractivity contribution in [2.45, 2.75) is 38.0 Å². The predicted octanol–water partition coefficient (Wildman–Crippen LogP) is 3.22. The summed E-state index contributed by atoms with van der Waals surface area (Å²) >= 11 is 0. The van der Waals surface area contributed by atoms with E-state index in [1.54, 1.807) is 37.2 Å². The van der Waals surface area contributed by atoms with Gasteiger partial charge in [-0.05, 0) is 41.0 Å². The summed E-state index contributed by atoms with van der Waals surface area (Å²) in [5, 5.41) is 13.3. The summed E-state index contributed by atoms with van der Waals surface area (Å²) in [5.41, 5.74) is 2.77. The van der Waals surface area contributed by atoms with Crippen LogP contribution in [-0.4, -0.2) is 134 Å². The van der Waals surface area contributed by atoms with E-state index in [1.807, 2.05) is 23.2 Å². The van der Waals surface area contributed by atoms with Gasteiger partial charge in [-0.3, -0.25) is 29.1 Å². The highest BCUT2D eigenvalue weighted by atomic mass is 16.5. The largest absolute Gasteiger partial charge is 0.497 e. The van der Waals surface area contributed by atoms with Crippen molar-refractivity contribution in [3.63, 3.8) is 0 Å². The van der Waals surface area contributed by atoms with Crippen LogP contribution in [0.3, 0.4) is 0 Å². The number of rotatable bonds is 21. The lowest BCUT2D eigenvalue weighted by Crippen LogP contribution is -2.35. The van der Waals surface area contributed by atoms with Gasteiger partial charge in [-0.25, -0.2) is 4.68 Å². The molecule has 2 atom stereocenters. The lowest BCUT2D eigenvalue weighted by atomic mass is 9.94. The molecule has 1 saturated heterocycles. The number of ether oxygens (including phenoxy) is 6. The topological polar surface area (TPSA) is 185 Å². The predicted molar refractivity (Wildman–Crippen MR) is 214 cm³/mol. The van der Waals surface area contributed by atoms with Gasteiger partial charge in [-0.2, -0.15) is 0 Å². The van der Waals surface area contributed by atoms with E-state index >= 15 is 0 Å². The van der Waals surface area contributed by atoms with E-state index < -0.39 is 11.8 Å². The van der Waals surface area contributed by atoms with E-state index in [-0.39, 0.29) is 43.3 Å². The Morgan fingerprint density at radius 1 is 0.831 bits per heavy atom. The Kier molecular flexibility index (Phi) is 13.6. The Morgan fingerprint density at radius 3 is 2.36 bits per heavy atom. The number of amides is 4. The van der Waals surface area contributed by atoms with Gasteiger partial charge in [0.1, 0.15) is 18.1 Å². The molecule has 59 heavy (non-hydrogen) atoms. The van der Waals surface area contributed by atoms with Crippen LogP contribution < -0.4 is 19.5 Å². The minimum atomic E-state index is -0.407. The van der Waals surface area contributed by atoms with E-state index in [0.717, 1.165) is 27.8 Å². The number of benzene rings is 3. The number of nitrogens with zero attached hydrogens (tertiary/aromatic N) is 6. The third kappa shape index (κ3) is 10.3. The van der Waals surface area contributed by atoms with Crippen LogP contribution in [0.25, 0.3) is 10.8 Å². The zero-order valence-corrected chi connectivity index (χ0v) is 33.0. The Balaban J connectivity index is 0.791. The second-order valence-electron chi connectivity index (χ2n) is 14.1. The summed E-state index contributed by atoms with van der Waals surface area (Å²) in [7, 11) is 3.21. The third-order valence-corrected chi connectivity index (χ3v) is 10.2. The summed E-state index contributed by atoms with van der Waals surface area (Å²) in [6.07, 6.45) is 6.83. The van der Waals surface area contributed by atoms with Crippen molar-refractivity contribution in [1.82, 2.24) is 30.1 Å². The van der Waals surface area contributed by atoms with Crippen molar-refractivity contribution < 1.29 is 47.6 Å². The first-order chi connectivity index (χ1) is 28.8. The highest BCUT2D eigenvalue weighted by molar-refractivity contribution is 6.13. The van der Waals surface area contributed by atoms with Crippen molar-refractivity contribution in [3.05, 3.63) is 83.7 Å². The minimum absolute atomic E-state index is 0.0354. The number of aromatic nitrogens is 3. The van der Waals surface area contributed by atoms with Crippen LogP contribution in [0, 0.1) is 0 Å². The van der Waals surface area contributed by atoms with Gasteiger partial charge >= 0.3 is 0 Å². The number of hydrogen-bond donors (Lipinski definition) is 1. The Morgan fingerprint density at radius 2 is 1.58 bits per heavy atom. The molecule has 0 spiro atoms. The monoisotopic (exact) mass is 809 g/mol. The maximum Gasteiger partial charge on any atom is 0.256 e. The second kappa shape index (κ2) is 19.5. The van der Waals surface area contributed by atoms with Gasteiger partial charge in [-0.15, -0.1) is 5.10 Å². The number of hydrogen-bond acceptors (Lipinski definition) is 13. The molecule has 17 heteroatoms. The molecule has 3 aromatic carbocycles. The standard InChI is InChI=1S/C42H47N7O10/c1-54-34-6-5-28-19-29(3-4-30(28)21-34)31-20-33-24-44-36-23-37(55-2)38(22-35(36)42(53)49(33)25-31)59-27-32-26-47(46-45-32)12-14-57-16-18-58-17-15-56-13-10-43-39(50)9-11-48-40(51)7-8-41(48)52/h3-8,19,21-24,26,31,33H,9-18,20,25,27H2,1-2H3,(H,43,50)/t31?,33-/m0/s1. The molecule has 4 aromatic rings. The maximum atomic E-state index is 14.0. The molecule has 0 saturated carbocycles. The molecule has 7 rings (SSSR count). The van der Waals surface area contributed by atoms with Crippen molar-refractivity contribution >= 4 is 46.3 Å². The van der Waals surface area contributed by atoms with Crippen LogP contribution in [-0.2, 0) is 41.7 Å². The molecule has 310 valence electrons. The number of carbonyl (C=O) groups excluding carboxylic acids is 4. The van der Waals surface area contributed by atoms with Gasteiger partial charge in [0, 0.05) is 56.4 Å². The summed E-state index contributed by atoms with van der Waals surface area (Å²) in [4.78, 5) is 56.6. The number of carbonyl (C=O) groups is 4. The fourth-order valence-corrected chi connectivity index (χ4v) is 7.11. The fraction of sp³-hybridized carbons (Fsp3) is 0.405. The van der Waals surface area contributed by atoms with E-state index in [9.17, 15) is 19.2 Å². The second-order valence-corrected chi connectivity index (χ2v) is 14.1. The number of methoxy groups -OCH3 is 2. The molecule has 0 aliphatic carbocycles. The first kappa shape index (κ1) is 41.0. The zero-order valence-electron chi connectivity index (χ0n) is 33.0. The highest BCUT2D eigenvalue weighted by Gasteiger charge is 2.38. The Bertz CT molecular complexity index is 2200. The molecule has 1 aromatic heterocycles. The van der Waals surface area contributed by atoms with Crippen molar-refractivity contribution in [1.29, 1.82) is 0 Å². The van der Waals surface area contributed by atoms with Crippen LogP contribution in [0.15, 0.2) is 71.9 Å². The number of aliphatic imine (C=N–C) groups is 1. The van der Waals surface area contributed by atoms with Crippen LogP contribution in [0.1, 0.15) is 40.4 Å². The first-order valence-electron chi connectivity index (χ1n) is 19.5. The van der Waals surface area contributed by atoms with Gasteiger partial charge in [0.25, 0.3) is 17.7 Å².